The highest BCUT2D eigenvalue weighted by Crippen LogP contribution is 2.23. The summed E-state index contributed by atoms with van der Waals surface area (Å²) in [5.74, 6) is 0.413. The zero-order chi connectivity index (χ0) is 14.5. The second-order valence-electron chi connectivity index (χ2n) is 4.32. The molecule has 0 amide bonds. The van der Waals surface area contributed by atoms with Crippen LogP contribution in [0.4, 0.5) is 0 Å². The Labute approximate surface area is 119 Å². The van der Waals surface area contributed by atoms with E-state index in [9.17, 15) is 8.42 Å². The molecule has 1 aliphatic heterocycles. The topological polar surface area (TPSA) is 49.4 Å². The molecule has 4 nitrogen and oxygen atoms in total. The Morgan fingerprint density at radius 1 is 1.42 bits per heavy atom. The van der Waals surface area contributed by atoms with Gasteiger partial charge in [0.15, 0.2) is 0 Å². The van der Waals surface area contributed by atoms with Crippen molar-refractivity contribution in [2.75, 3.05) is 26.7 Å². The second-order valence-corrected chi connectivity index (χ2v) is 6.26. The zero-order valence-electron chi connectivity index (χ0n) is 11.8. The van der Waals surface area contributed by atoms with Gasteiger partial charge in [0.2, 0.25) is 10.0 Å². The van der Waals surface area contributed by atoms with E-state index in [-0.39, 0.29) is 6.32 Å². The largest absolute Gasteiger partial charge is 0.319 e. The molecule has 2 rings (SSSR count). The molecule has 2 radical (unpaired) electrons. The van der Waals surface area contributed by atoms with E-state index in [2.05, 4.69) is 5.32 Å². The molecule has 1 saturated heterocycles. The Kier molecular flexibility index (Phi) is 6.04. The fraction of sp³-hybridized carbons (Fsp3) is 0.538. The highest BCUT2D eigenvalue weighted by molar-refractivity contribution is 7.89. The first-order valence-corrected chi connectivity index (χ1v) is 7.98. The normalized spacial score (nSPS) is 16.4. The number of sulfonamides is 1. The van der Waals surface area contributed by atoms with Crippen LogP contribution < -0.4 is 10.8 Å². The summed E-state index contributed by atoms with van der Waals surface area (Å²) in [6.07, 6.45) is 0. The molecule has 0 spiro atoms. The minimum Gasteiger partial charge on any atom is -0.319 e. The lowest BCUT2D eigenvalue weighted by Crippen LogP contribution is -2.52. The highest BCUT2D eigenvalue weighted by Gasteiger charge is 2.35. The SMILES string of the molecule is CC.[B]c1cccc(S(=O)(=O)N2CC(CNC)C2)c1.[HH]. The van der Waals surface area contributed by atoms with Crippen LogP contribution in [0.25, 0.3) is 0 Å². The monoisotopic (exact) mass is 282 g/mol. The van der Waals surface area contributed by atoms with Crippen LogP contribution in [0.1, 0.15) is 15.3 Å². The summed E-state index contributed by atoms with van der Waals surface area (Å²) in [5.41, 5.74) is 0.471. The van der Waals surface area contributed by atoms with Gasteiger partial charge in [-0.05, 0) is 25.1 Å². The number of nitrogens with one attached hydrogen (secondary N) is 1. The molecule has 0 atom stereocenters. The van der Waals surface area contributed by atoms with Crippen LogP contribution in [0, 0.1) is 5.92 Å². The Hall–Kier alpha value is -0.845. The average molecular weight is 282 g/mol. The minimum absolute atomic E-state index is 0. The summed E-state index contributed by atoms with van der Waals surface area (Å²) in [6, 6.07) is 6.42. The molecular formula is C13H23BN2O2S. The molecule has 0 bridgehead atoms. The average Bonchev–Trinajstić information content (AvgIpc) is 2.35. The van der Waals surface area contributed by atoms with Gasteiger partial charge in [-0.3, -0.25) is 0 Å². The molecule has 0 saturated carbocycles. The maximum atomic E-state index is 12.2. The third-order valence-corrected chi connectivity index (χ3v) is 4.74. The number of hydrogen-bond donors (Lipinski definition) is 1. The standard InChI is InChI=1S/C11H15BN2O2S.C2H6.H2/c1-13-6-9-7-14(8-9)17(15,16)11-4-2-3-10(12)5-11;1-2;/h2-5,9,13H,6-8H2,1H3;1-2H3;1H. The summed E-state index contributed by atoms with van der Waals surface area (Å²) < 4.78 is 25.8. The van der Waals surface area contributed by atoms with Crippen molar-refractivity contribution < 1.29 is 9.84 Å². The highest BCUT2D eigenvalue weighted by atomic mass is 32.2. The Morgan fingerprint density at radius 2 is 2.05 bits per heavy atom. The van der Waals surface area contributed by atoms with E-state index >= 15 is 0 Å². The summed E-state index contributed by atoms with van der Waals surface area (Å²) in [6.45, 7) is 6.01. The molecule has 106 valence electrons. The summed E-state index contributed by atoms with van der Waals surface area (Å²) in [4.78, 5) is 0.278. The van der Waals surface area contributed by atoms with Crippen LogP contribution in [0.15, 0.2) is 29.2 Å². The smallest absolute Gasteiger partial charge is 0.243 e. The predicted molar refractivity (Wildman–Crippen MR) is 81.5 cm³/mol. The summed E-state index contributed by atoms with van der Waals surface area (Å²) >= 11 is 0. The van der Waals surface area contributed by atoms with Crippen LogP contribution in [0.5, 0.6) is 0 Å². The van der Waals surface area contributed by atoms with Crippen molar-refractivity contribution in [2.45, 2.75) is 18.7 Å². The molecule has 1 aromatic rings. The number of rotatable bonds is 4. The molecule has 1 N–H and O–H groups in total. The van der Waals surface area contributed by atoms with Crippen molar-refractivity contribution in [3.63, 3.8) is 0 Å². The molecule has 6 heteroatoms. The molecule has 0 unspecified atom stereocenters. The van der Waals surface area contributed by atoms with Crippen molar-refractivity contribution in [3.8, 4) is 0 Å². The molecule has 19 heavy (non-hydrogen) atoms. The quantitative estimate of drug-likeness (QED) is 0.822. The van der Waals surface area contributed by atoms with Gasteiger partial charge in [-0.15, -0.1) is 0 Å². The van der Waals surface area contributed by atoms with Gasteiger partial charge in [0.1, 0.15) is 7.85 Å². The van der Waals surface area contributed by atoms with Crippen molar-refractivity contribution in [3.05, 3.63) is 24.3 Å². The van der Waals surface area contributed by atoms with Crippen LogP contribution in [0.2, 0.25) is 0 Å². The van der Waals surface area contributed by atoms with Crippen molar-refractivity contribution in [2.24, 2.45) is 5.92 Å². The van der Waals surface area contributed by atoms with Gasteiger partial charge in [0.25, 0.3) is 0 Å². The number of hydrogen-bond acceptors (Lipinski definition) is 3. The Morgan fingerprint density at radius 3 is 2.58 bits per heavy atom. The predicted octanol–water partition coefficient (Wildman–Crippen LogP) is 0.593. The van der Waals surface area contributed by atoms with Crippen LogP contribution in [0.3, 0.4) is 0 Å². The molecule has 1 heterocycles. The van der Waals surface area contributed by atoms with Gasteiger partial charge in [0, 0.05) is 21.1 Å². The molecule has 0 aromatic heterocycles. The third-order valence-electron chi connectivity index (χ3n) is 2.91. The maximum Gasteiger partial charge on any atom is 0.243 e. The fourth-order valence-electron chi connectivity index (χ4n) is 1.96. The number of nitrogens with zero attached hydrogens (tertiary/aromatic N) is 1. The first-order valence-electron chi connectivity index (χ1n) is 6.54. The van der Waals surface area contributed by atoms with Crippen LogP contribution in [-0.2, 0) is 10.0 Å². The van der Waals surface area contributed by atoms with Crippen LogP contribution >= 0.6 is 0 Å². The van der Waals surface area contributed by atoms with E-state index in [0.717, 1.165) is 6.54 Å². The van der Waals surface area contributed by atoms with Crippen molar-refractivity contribution in [1.29, 1.82) is 0 Å². The van der Waals surface area contributed by atoms with Crippen LogP contribution in [-0.4, -0.2) is 47.3 Å². The first kappa shape index (κ1) is 16.2. The van der Waals surface area contributed by atoms with E-state index in [1.54, 1.807) is 18.2 Å². The maximum absolute atomic E-state index is 12.2. The van der Waals surface area contributed by atoms with Gasteiger partial charge in [-0.2, -0.15) is 4.31 Å². The zero-order valence-corrected chi connectivity index (χ0v) is 12.6. The molecule has 1 fully saturated rings. The van der Waals surface area contributed by atoms with Crippen molar-refractivity contribution in [1.82, 2.24) is 9.62 Å². The summed E-state index contributed by atoms with van der Waals surface area (Å²) in [5, 5.41) is 3.05. The fourth-order valence-corrected chi connectivity index (χ4v) is 3.61. The molecule has 1 aromatic carbocycles. The Balaban J connectivity index is 0.00000115. The molecular weight excluding hydrogens is 259 g/mol. The second kappa shape index (κ2) is 7.08. The Bertz CT molecular complexity index is 505. The van der Waals surface area contributed by atoms with Gasteiger partial charge in [-0.1, -0.05) is 31.4 Å². The summed E-state index contributed by atoms with van der Waals surface area (Å²) in [7, 11) is 4.12. The van der Waals surface area contributed by atoms with E-state index in [4.69, 9.17) is 7.85 Å². The van der Waals surface area contributed by atoms with E-state index < -0.39 is 10.0 Å². The lowest BCUT2D eigenvalue weighted by atomic mass is 9.97. The first-order chi connectivity index (χ1) is 9.04. The van der Waals surface area contributed by atoms with Gasteiger partial charge < -0.3 is 5.32 Å². The number of benzene rings is 1. The van der Waals surface area contributed by atoms with E-state index in [1.165, 1.54) is 10.4 Å². The van der Waals surface area contributed by atoms with E-state index in [1.807, 2.05) is 20.9 Å². The van der Waals surface area contributed by atoms with Gasteiger partial charge in [-0.25, -0.2) is 8.42 Å². The van der Waals surface area contributed by atoms with E-state index in [0.29, 0.717) is 24.5 Å². The third kappa shape index (κ3) is 3.81. The minimum atomic E-state index is -3.35. The van der Waals surface area contributed by atoms with Crippen molar-refractivity contribution >= 4 is 23.3 Å². The van der Waals surface area contributed by atoms with Gasteiger partial charge >= 0.3 is 0 Å². The lowest BCUT2D eigenvalue weighted by molar-refractivity contribution is 0.199. The molecule has 0 aliphatic carbocycles. The molecule has 1 aliphatic rings. The van der Waals surface area contributed by atoms with Gasteiger partial charge in [0.05, 0.1) is 4.90 Å². The lowest BCUT2D eigenvalue weighted by Gasteiger charge is -2.38.